The molecule has 1 aromatic carbocycles. The number of carbonyl (C=O) groups is 1. The van der Waals surface area contributed by atoms with Crippen molar-refractivity contribution in [3.05, 3.63) is 30.0 Å². The second-order valence-electron chi connectivity index (χ2n) is 6.96. The summed E-state index contributed by atoms with van der Waals surface area (Å²) >= 11 is 1.68. The Bertz CT molecular complexity index is 971. The number of rotatable bonds is 5. The summed E-state index contributed by atoms with van der Waals surface area (Å²) in [6.45, 7) is 7.23. The van der Waals surface area contributed by atoms with E-state index >= 15 is 0 Å². The Balaban J connectivity index is 1.56. The third-order valence-electron chi connectivity index (χ3n) is 5.06. The van der Waals surface area contributed by atoms with Crippen LogP contribution in [-0.2, 0) is 4.79 Å². The third kappa shape index (κ3) is 3.44. The summed E-state index contributed by atoms with van der Waals surface area (Å²) in [7, 11) is 1.66. The first kappa shape index (κ1) is 18.7. The standard InChI is InChI=1S/C20H25N5O2S/c1-4-5-17(26)23-10-12-24(13-11-23)20-21-19-18(28-20)14(2)22-25(19)15-6-8-16(27-3)9-7-15/h6-9H,4-5,10-13H2,1-3H3. The van der Waals surface area contributed by atoms with Gasteiger partial charge in [0, 0.05) is 32.6 Å². The van der Waals surface area contributed by atoms with Gasteiger partial charge in [-0.3, -0.25) is 4.79 Å². The Morgan fingerprint density at radius 2 is 1.89 bits per heavy atom. The van der Waals surface area contributed by atoms with Gasteiger partial charge in [-0.1, -0.05) is 18.3 Å². The van der Waals surface area contributed by atoms with Gasteiger partial charge in [0.25, 0.3) is 0 Å². The fourth-order valence-electron chi connectivity index (χ4n) is 3.48. The lowest BCUT2D eigenvalue weighted by atomic mass is 10.2. The number of benzene rings is 1. The van der Waals surface area contributed by atoms with E-state index in [1.165, 1.54) is 0 Å². The summed E-state index contributed by atoms with van der Waals surface area (Å²) in [5.41, 5.74) is 2.82. The van der Waals surface area contributed by atoms with Gasteiger partial charge < -0.3 is 14.5 Å². The number of carbonyl (C=O) groups excluding carboxylic acids is 1. The SMILES string of the molecule is CCCC(=O)N1CCN(c2nc3c(s2)c(C)nn3-c2ccc(OC)cc2)CC1. The molecule has 0 radical (unpaired) electrons. The first-order valence-corrected chi connectivity index (χ1v) is 10.5. The maximum atomic E-state index is 12.1. The molecule has 8 heteroatoms. The van der Waals surface area contributed by atoms with Crippen LogP contribution >= 0.6 is 11.3 Å². The fraction of sp³-hybridized carbons (Fsp3) is 0.450. The van der Waals surface area contributed by atoms with E-state index < -0.39 is 0 Å². The van der Waals surface area contributed by atoms with Crippen molar-refractivity contribution in [1.82, 2.24) is 19.7 Å². The van der Waals surface area contributed by atoms with Gasteiger partial charge in [-0.25, -0.2) is 4.68 Å². The largest absolute Gasteiger partial charge is 0.497 e. The van der Waals surface area contributed by atoms with Crippen LogP contribution in [0.3, 0.4) is 0 Å². The molecule has 1 amide bonds. The van der Waals surface area contributed by atoms with Crippen LogP contribution in [0.25, 0.3) is 16.0 Å². The van der Waals surface area contributed by atoms with Gasteiger partial charge in [-0.05, 0) is 37.6 Å². The average Bonchev–Trinajstić information content (AvgIpc) is 3.29. The number of aryl methyl sites for hydroxylation is 1. The molecule has 0 bridgehead atoms. The van der Waals surface area contributed by atoms with Gasteiger partial charge in [0.2, 0.25) is 5.91 Å². The van der Waals surface area contributed by atoms with E-state index in [1.807, 2.05) is 47.7 Å². The number of thiazole rings is 1. The molecule has 1 aliphatic heterocycles. The van der Waals surface area contributed by atoms with Crippen LogP contribution in [0.5, 0.6) is 5.75 Å². The highest BCUT2D eigenvalue weighted by molar-refractivity contribution is 7.22. The van der Waals surface area contributed by atoms with Crippen LogP contribution < -0.4 is 9.64 Å². The van der Waals surface area contributed by atoms with Crippen molar-refractivity contribution in [1.29, 1.82) is 0 Å². The number of ether oxygens (including phenoxy) is 1. The lowest BCUT2D eigenvalue weighted by Gasteiger charge is -2.34. The molecular weight excluding hydrogens is 374 g/mol. The van der Waals surface area contributed by atoms with Crippen molar-refractivity contribution in [3.8, 4) is 11.4 Å². The predicted octanol–water partition coefficient (Wildman–Crippen LogP) is 3.25. The zero-order valence-corrected chi connectivity index (χ0v) is 17.3. The first-order valence-electron chi connectivity index (χ1n) is 9.64. The van der Waals surface area contributed by atoms with Crippen molar-refractivity contribution < 1.29 is 9.53 Å². The fourth-order valence-corrected chi connectivity index (χ4v) is 4.52. The quantitative estimate of drug-likeness (QED) is 0.659. The number of hydrogen-bond acceptors (Lipinski definition) is 6. The molecule has 0 unspecified atom stereocenters. The van der Waals surface area contributed by atoms with Crippen molar-refractivity contribution in [2.75, 3.05) is 38.2 Å². The third-order valence-corrected chi connectivity index (χ3v) is 6.28. The van der Waals surface area contributed by atoms with Crippen LogP contribution in [-0.4, -0.2) is 58.9 Å². The van der Waals surface area contributed by atoms with Gasteiger partial charge in [0.05, 0.1) is 23.2 Å². The predicted molar refractivity (Wildman–Crippen MR) is 112 cm³/mol. The van der Waals surface area contributed by atoms with Gasteiger partial charge in [0.1, 0.15) is 5.75 Å². The van der Waals surface area contributed by atoms with Crippen LogP contribution in [0.15, 0.2) is 24.3 Å². The van der Waals surface area contributed by atoms with Crippen LogP contribution in [0.2, 0.25) is 0 Å². The summed E-state index contributed by atoms with van der Waals surface area (Å²) in [6, 6.07) is 7.83. The van der Waals surface area contributed by atoms with Crippen LogP contribution in [0, 0.1) is 6.92 Å². The molecule has 0 spiro atoms. The normalized spacial score (nSPS) is 14.7. The molecule has 1 fully saturated rings. The summed E-state index contributed by atoms with van der Waals surface area (Å²) in [6.07, 6.45) is 1.54. The zero-order chi connectivity index (χ0) is 19.7. The zero-order valence-electron chi connectivity index (χ0n) is 16.5. The van der Waals surface area contributed by atoms with Gasteiger partial charge in [-0.2, -0.15) is 10.1 Å². The molecule has 1 saturated heterocycles. The minimum absolute atomic E-state index is 0.262. The van der Waals surface area contributed by atoms with Crippen LogP contribution in [0.4, 0.5) is 5.13 Å². The van der Waals surface area contributed by atoms with E-state index in [2.05, 4.69) is 10.00 Å². The first-order chi connectivity index (χ1) is 13.6. The second-order valence-corrected chi connectivity index (χ2v) is 7.94. The average molecular weight is 400 g/mol. The number of amides is 1. The summed E-state index contributed by atoms with van der Waals surface area (Å²) in [5, 5.41) is 5.67. The Labute approximate surface area is 168 Å². The molecule has 0 aliphatic carbocycles. The smallest absolute Gasteiger partial charge is 0.222 e. The van der Waals surface area contributed by atoms with Crippen molar-refractivity contribution in [2.24, 2.45) is 0 Å². The molecule has 2 aromatic heterocycles. The number of methoxy groups -OCH3 is 1. The Hall–Kier alpha value is -2.61. The van der Waals surface area contributed by atoms with E-state index in [9.17, 15) is 4.79 Å². The Morgan fingerprint density at radius 3 is 2.54 bits per heavy atom. The molecule has 0 atom stereocenters. The maximum absolute atomic E-state index is 12.1. The summed E-state index contributed by atoms with van der Waals surface area (Å²) < 4.78 is 8.24. The highest BCUT2D eigenvalue weighted by atomic mass is 32.1. The number of fused-ring (bicyclic) bond motifs is 1. The van der Waals surface area contributed by atoms with E-state index in [0.29, 0.717) is 6.42 Å². The van der Waals surface area contributed by atoms with Gasteiger partial charge >= 0.3 is 0 Å². The minimum atomic E-state index is 0.262. The molecule has 148 valence electrons. The number of anilines is 1. The highest BCUT2D eigenvalue weighted by Crippen LogP contribution is 2.33. The highest BCUT2D eigenvalue weighted by Gasteiger charge is 2.24. The minimum Gasteiger partial charge on any atom is -0.497 e. The van der Waals surface area contributed by atoms with Crippen molar-refractivity contribution >= 4 is 32.7 Å². The van der Waals surface area contributed by atoms with Gasteiger partial charge in [-0.15, -0.1) is 0 Å². The number of nitrogens with zero attached hydrogens (tertiary/aromatic N) is 5. The lowest BCUT2D eigenvalue weighted by Crippen LogP contribution is -2.48. The second kappa shape index (κ2) is 7.79. The lowest BCUT2D eigenvalue weighted by molar-refractivity contribution is -0.131. The van der Waals surface area contributed by atoms with E-state index in [-0.39, 0.29) is 5.91 Å². The summed E-state index contributed by atoms with van der Waals surface area (Å²) in [5.74, 6) is 1.08. The molecule has 1 aliphatic rings. The Morgan fingerprint density at radius 1 is 1.18 bits per heavy atom. The van der Waals surface area contributed by atoms with E-state index in [1.54, 1.807) is 18.4 Å². The Kier molecular flexibility index (Phi) is 5.21. The molecule has 28 heavy (non-hydrogen) atoms. The monoisotopic (exact) mass is 399 g/mol. The number of aromatic nitrogens is 3. The van der Waals surface area contributed by atoms with E-state index in [4.69, 9.17) is 9.72 Å². The van der Waals surface area contributed by atoms with E-state index in [0.717, 1.165) is 65.2 Å². The molecule has 3 heterocycles. The molecule has 0 saturated carbocycles. The maximum Gasteiger partial charge on any atom is 0.222 e. The number of hydrogen-bond donors (Lipinski definition) is 0. The molecular formula is C20H25N5O2S. The van der Waals surface area contributed by atoms with Crippen LogP contribution in [0.1, 0.15) is 25.5 Å². The number of piperazine rings is 1. The van der Waals surface area contributed by atoms with Crippen molar-refractivity contribution in [2.45, 2.75) is 26.7 Å². The van der Waals surface area contributed by atoms with Gasteiger partial charge in [0.15, 0.2) is 10.8 Å². The molecule has 4 rings (SSSR count). The molecule has 0 N–H and O–H groups in total. The molecule has 7 nitrogen and oxygen atoms in total. The topological polar surface area (TPSA) is 63.5 Å². The summed E-state index contributed by atoms with van der Waals surface area (Å²) in [4.78, 5) is 21.2. The van der Waals surface area contributed by atoms with Crippen molar-refractivity contribution in [3.63, 3.8) is 0 Å². The molecule has 3 aromatic rings.